The second-order valence-electron chi connectivity index (χ2n) is 11.7. The Balaban J connectivity index is 1.88. The predicted molar refractivity (Wildman–Crippen MR) is 175 cm³/mol. The van der Waals surface area contributed by atoms with E-state index in [9.17, 15) is 4.79 Å². The van der Waals surface area contributed by atoms with Crippen molar-refractivity contribution in [3.63, 3.8) is 0 Å². The molecule has 4 rings (SSSR count). The van der Waals surface area contributed by atoms with E-state index in [1.165, 1.54) is 4.68 Å². The molecule has 7 nitrogen and oxygen atoms in total. The zero-order valence-electron chi connectivity index (χ0n) is 25.7. The van der Waals surface area contributed by atoms with Crippen molar-refractivity contribution in [1.82, 2.24) is 9.66 Å². The summed E-state index contributed by atoms with van der Waals surface area (Å²) in [7, 11) is 0. The van der Waals surface area contributed by atoms with Gasteiger partial charge in [-0.05, 0) is 101 Å². The third-order valence-electron chi connectivity index (χ3n) is 6.58. The molecule has 0 saturated carbocycles. The zero-order chi connectivity index (χ0) is 30.6. The van der Waals surface area contributed by atoms with Crippen LogP contribution in [0.15, 0.2) is 62.9 Å². The van der Waals surface area contributed by atoms with E-state index in [2.05, 4.69) is 56.6 Å². The Morgan fingerprint density at radius 1 is 1.00 bits per heavy atom. The molecule has 42 heavy (non-hydrogen) atoms. The number of hydrogen-bond acceptors (Lipinski definition) is 6. The number of para-hydroxylation sites is 1. The van der Waals surface area contributed by atoms with Gasteiger partial charge < -0.3 is 14.2 Å². The zero-order valence-corrected chi connectivity index (χ0v) is 27.3. The largest absolute Gasteiger partial charge is 0.494 e. The van der Waals surface area contributed by atoms with E-state index in [0.717, 1.165) is 32.5 Å². The molecule has 0 aliphatic rings. The Labute approximate surface area is 256 Å². The van der Waals surface area contributed by atoms with E-state index >= 15 is 0 Å². The van der Waals surface area contributed by atoms with E-state index in [4.69, 9.17) is 24.3 Å². The molecule has 0 amide bonds. The van der Waals surface area contributed by atoms with Crippen molar-refractivity contribution in [2.75, 3.05) is 19.8 Å². The van der Waals surface area contributed by atoms with Gasteiger partial charge >= 0.3 is 0 Å². The number of ether oxygens (including phenoxy) is 3. The van der Waals surface area contributed by atoms with Crippen LogP contribution in [0, 0.1) is 12.3 Å². The number of benzene rings is 3. The lowest BCUT2D eigenvalue weighted by Gasteiger charge is -2.21. The predicted octanol–water partition coefficient (Wildman–Crippen LogP) is 8.36. The Morgan fingerprint density at radius 2 is 1.69 bits per heavy atom. The van der Waals surface area contributed by atoms with Crippen LogP contribution in [0.3, 0.4) is 0 Å². The molecule has 0 radical (unpaired) electrons. The van der Waals surface area contributed by atoms with Gasteiger partial charge in [0.25, 0.3) is 5.56 Å². The van der Waals surface area contributed by atoms with Crippen LogP contribution in [-0.4, -0.2) is 35.7 Å². The van der Waals surface area contributed by atoms with Gasteiger partial charge in [0.2, 0.25) is 0 Å². The third kappa shape index (κ3) is 7.04. The van der Waals surface area contributed by atoms with Crippen molar-refractivity contribution in [3.05, 3.63) is 80.0 Å². The van der Waals surface area contributed by atoms with Crippen molar-refractivity contribution in [2.45, 2.75) is 61.3 Å². The number of rotatable bonds is 10. The van der Waals surface area contributed by atoms with Gasteiger partial charge in [0.05, 0.1) is 41.4 Å². The van der Waals surface area contributed by atoms with Gasteiger partial charge in [-0.2, -0.15) is 9.78 Å². The van der Waals surface area contributed by atoms with E-state index in [-0.39, 0.29) is 16.9 Å². The molecule has 0 saturated heterocycles. The van der Waals surface area contributed by atoms with Gasteiger partial charge in [-0.25, -0.2) is 4.98 Å². The minimum absolute atomic E-state index is 0.0157. The summed E-state index contributed by atoms with van der Waals surface area (Å²) in [6, 6.07) is 15.2. The van der Waals surface area contributed by atoms with Crippen LogP contribution in [-0.2, 0) is 0 Å². The summed E-state index contributed by atoms with van der Waals surface area (Å²) in [6.07, 6.45) is 1.65. The number of aromatic nitrogens is 2. The number of halogens is 1. The normalized spacial score (nSPS) is 12.0. The topological polar surface area (TPSA) is 74.9 Å². The number of hydrogen-bond donors (Lipinski definition) is 0. The van der Waals surface area contributed by atoms with Crippen molar-refractivity contribution >= 4 is 33.0 Å². The fourth-order valence-electron chi connectivity index (χ4n) is 4.55. The average Bonchev–Trinajstić information content (AvgIpc) is 2.92. The summed E-state index contributed by atoms with van der Waals surface area (Å²) in [4.78, 5) is 18.8. The molecule has 0 N–H and O–H groups in total. The van der Waals surface area contributed by atoms with Crippen molar-refractivity contribution < 1.29 is 14.2 Å². The van der Waals surface area contributed by atoms with Crippen LogP contribution in [0.25, 0.3) is 22.3 Å². The molecule has 0 spiro atoms. The minimum atomic E-state index is -0.250. The Bertz CT molecular complexity index is 1670. The Hall–Kier alpha value is -3.65. The first kappa shape index (κ1) is 31.3. The molecule has 4 aromatic rings. The second-order valence-corrected chi connectivity index (χ2v) is 12.6. The maximum absolute atomic E-state index is 13.8. The molecule has 0 atom stereocenters. The van der Waals surface area contributed by atoms with E-state index in [1.54, 1.807) is 12.3 Å². The molecule has 0 bridgehead atoms. The monoisotopic (exact) mass is 633 g/mol. The van der Waals surface area contributed by atoms with Crippen molar-refractivity contribution in [2.24, 2.45) is 10.5 Å². The summed E-state index contributed by atoms with van der Waals surface area (Å²) in [6.45, 7) is 18.1. The molecule has 0 aliphatic heterocycles. The quantitative estimate of drug-likeness (QED) is 0.164. The second kappa shape index (κ2) is 13.1. The highest BCUT2D eigenvalue weighted by molar-refractivity contribution is 9.10. The summed E-state index contributed by atoms with van der Waals surface area (Å²) < 4.78 is 20.1. The van der Waals surface area contributed by atoms with E-state index < -0.39 is 0 Å². The van der Waals surface area contributed by atoms with Crippen molar-refractivity contribution in [3.8, 4) is 28.6 Å². The van der Waals surface area contributed by atoms with Gasteiger partial charge in [-0.15, -0.1) is 0 Å². The first-order valence-corrected chi connectivity index (χ1v) is 15.2. The maximum atomic E-state index is 13.8. The molecule has 0 aliphatic carbocycles. The van der Waals surface area contributed by atoms with Crippen LogP contribution >= 0.6 is 15.9 Å². The highest BCUT2D eigenvalue weighted by Gasteiger charge is 2.20. The maximum Gasteiger partial charge on any atom is 0.282 e. The molecule has 1 aromatic heterocycles. The van der Waals surface area contributed by atoms with Gasteiger partial charge in [0, 0.05) is 5.56 Å². The van der Waals surface area contributed by atoms with Gasteiger partial charge in [0.1, 0.15) is 5.75 Å². The summed E-state index contributed by atoms with van der Waals surface area (Å²) in [5.74, 6) is 2.76. The Morgan fingerprint density at radius 3 is 2.36 bits per heavy atom. The number of nitrogens with zero attached hydrogens (tertiary/aromatic N) is 3. The van der Waals surface area contributed by atoms with Crippen molar-refractivity contribution in [1.29, 1.82) is 0 Å². The van der Waals surface area contributed by atoms with Crippen LogP contribution in [0.4, 0.5) is 0 Å². The molecule has 1 heterocycles. The van der Waals surface area contributed by atoms with E-state index in [1.807, 2.05) is 57.2 Å². The third-order valence-corrected chi connectivity index (χ3v) is 7.17. The lowest BCUT2D eigenvalue weighted by atomic mass is 9.96. The highest BCUT2D eigenvalue weighted by atomic mass is 79.9. The summed E-state index contributed by atoms with van der Waals surface area (Å²) in [5, 5.41) is 5.20. The van der Waals surface area contributed by atoms with Gasteiger partial charge in [0.15, 0.2) is 17.3 Å². The average molecular weight is 635 g/mol. The molecule has 8 heteroatoms. The molecule has 222 valence electrons. The van der Waals surface area contributed by atoms with Crippen LogP contribution in [0.2, 0.25) is 0 Å². The first-order valence-electron chi connectivity index (χ1n) is 14.4. The standard InChI is InChI=1S/C34H40BrN3O4/c1-9-40-29-15-22(5)26(18-25(29)21(3)4)32-37-28-14-12-11-13-24(28)33(39)38(32)36-19-23-16-27(35)31(30(17-23)41-10-2)42-20-34(6,7)8/h11-19,21H,9-10,20H2,1-8H3. The fourth-order valence-corrected chi connectivity index (χ4v) is 5.13. The van der Waals surface area contributed by atoms with Crippen LogP contribution in [0.5, 0.6) is 17.2 Å². The number of aryl methyl sites for hydroxylation is 1. The highest BCUT2D eigenvalue weighted by Crippen LogP contribution is 2.38. The number of fused-ring (bicyclic) bond motifs is 1. The molecular weight excluding hydrogens is 594 g/mol. The molecule has 3 aromatic carbocycles. The minimum Gasteiger partial charge on any atom is -0.494 e. The molecular formula is C34H40BrN3O4. The molecule has 0 unspecified atom stereocenters. The Kier molecular flexibility index (Phi) is 9.77. The lowest BCUT2D eigenvalue weighted by molar-refractivity contribution is 0.187. The summed E-state index contributed by atoms with van der Waals surface area (Å²) in [5.41, 5.74) is 3.90. The lowest BCUT2D eigenvalue weighted by Crippen LogP contribution is -2.21. The molecule has 0 fully saturated rings. The van der Waals surface area contributed by atoms with Gasteiger partial charge in [-0.1, -0.05) is 46.8 Å². The van der Waals surface area contributed by atoms with Gasteiger partial charge in [-0.3, -0.25) is 4.79 Å². The van der Waals surface area contributed by atoms with Crippen LogP contribution in [0.1, 0.15) is 71.1 Å². The first-order chi connectivity index (χ1) is 19.9. The smallest absolute Gasteiger partial charge is 0.282 e. The van der Waals surface area contributed by atoms with Crippen LogP contribution < -0.4 is 19.8 Å². The fraction of sp³-hybridized carbons (Fsp3) is 0.382. The van der Waals surface area contributed by atoms with E-state index in [0.29, 0.717) is 48.0 Å². The summed E-state index contributed by atoms with van der Waals surface area (Å²) >= 11 is 3.65. The SMILES string of the molecule is CCOc1cc(C)c(-c2nc3ccccc3c(=O)n2N=Cc2cc(Br)c(OCC(C)(C)C)c(OCC)c2)cc1C(C)C.